The molecule has 19 heavy (non-hydrogen) atoms. The van der Waals surface area contributed by atoms with Gasteiger partial charge in [0, 0.05) is 12.5 Å². The molecule has 1 aromatic carbocycles. The van der Waals surface area contributed by atoms with Gasteiger partial charge in [-0.05, 0) is 37.1 Å². The van der Waals surface area contributed by atoms with Crippen LogP contribution in [-0.2, 0) is 14.3 Å². The van der Waals surface area contributed by atoms with E-state index < -0.39 is 23.2 Å². The maximum absolute atomic E-state index is 13.2. The Hall–Kier alpha value is -1.91. The van der Waals surface area contributed by atoms with E-state index in [9.17, 15) is 13.6 Å². The first-order valence-electron chi connectivity index (χ1n) is 5.95. The molecule has 0 aliphatic carbocycles. The molecule has 0 saturated carbocycles. The lowest BCUT2D eigenvalue weighted by Crippen LogP contribution is -2.36. The van der Waals surface area contributed by atoms with Crippen LogP contribution in [0.4, 0.5) is 8.78 Å². The molecule has 1 unspecified atom stereocenters. The van der Waals surface area contributed by atoms with Crippen molar-refractivity contribution >= 4 is 11.5 Å². The molecule has 3 nitrogen and oxygen atoms in total. The molecular weight excluding hydrogens is 254 g/mol. The van der Waals surface area contributed by atoms with Gasteiger partial charge in [-0.25, -0.2) is 13.6 Å². The molecule has 2 rings (SSSR count). The summed E-state index contributed by atoms with van der Waals surface area (Å²) < 4.78 is 36.5. The molecule has 102 valence electrons. The molecule has 1 aliphatic heterocycles. The Balaban J connectivity index is 2.19. The van der Waals surface area contributed by atoms with Gasteiger partial charge in [0.2, 0.25) is 5.60 Å². The smallest absolute Gasteiger partial charge is 0.350 e. The molecule has 1 heterocycles. The summed E-state index contributed by atoms with van der Waals surface area (Å²) in [6.45, 7) is 3.54. The van der Waals surface area contributed by atoms with Crippen LogP contribution in [0.1, 0.15) is 25.8 Å². The fourth-order valence-electron chi connectivity index (χ4n) is 1.96. The number of hydrogen-bond acceptors (Lipinski definition) is 3. The molecule has 0 N–H and O–H groups in total. The van der Waals surface area contributed by atoms with Crippen LogP contribution in [0.5, 0.6) is 0 Å². The first-order chi connectivity index (χ1) is 8.94. The second-order valence-electron chi connectivity index (χ2n) is 4.55. The van der Waals surface area contributed by atoms with E-state index in [2.05, 4.69) is 0 Å². The fourth-order valence-corrected chi connectivity index (χ4v) is 1.96. The molecule has 0 fully saturated rings. The number of carbonyl (C=O) groups excluding carboxylic acids is 1. The third-order valence-corrected chi connectivity index (χ3v) is 2.93. The third-order valence-electron chi connectivity index (χ3n) is 2.93. The Morgan fingerprint density at radius 2 is 2.00 bits per heavy atom. The lowest BCUT2D eigenvalue weighted by molar-refractivity contribution is -0.161. The zero-order chi connectivity index (χ0) is 14.0. The van der Waals surface area contributed by atoms with Crippen molar-refractivity contribution in [2.45, 2.75) is 25.9 Å². The SMILES string of the molecule is CCOC(=O)C1(C)CC(c2cc(F)cc(F)c2)=CO1. The number of benzene rings is 1. The zero-order valence-electron chi connectivity index (χ0n) is 10.7. The molecule has 0 radical (unpaired) electrons. The largest absolute Gasteiger partial charge is 0.483 e. The molecule has 0 spiro atoms. The van der Waals surface area contributed by atoms with E-state index >= 15 is 0 Å². The van der Waals surface area contributed by atoms with Crippen molar-refractivity contribution in [3.8, 4) is 0 Å². The monoisotopic (exact) mass is 268 g/mol. The van der Waals surface area contributed by atoms with E-state index in [4.69, 9.17) is 9.47 Å². The number of halogens is 2. The molecule has 0 saturated heterocycles. The van der Waals surface area contributed by atoms with Crippen LogP contribution >= 0.6 is 0 Å². The van der Waals surface area contributed by atoms with Crippen molar-refractivity contribution in [1.29, 1.82) is 0 Å². The number of carbonyl (C=O) groups is 1. The maximum Gasteiger partial charge on any atom is 0.350 e. The van der Waals surface area contributed by atoms with Gasteiger partial charge in [-0.15, -0.1) is 0 Å². The summed E-state index contributed by atoms with van der Waals surface area (Å²) >= 11 is 0. The highest BCUT2D eigenvalue weighted by atomic mass is 19.1. The van der Waals surface area contributed by atoms with Crippen LogP contribution in [0.3, 0.4) is 0 Å². The van der Waals surface area contributed by atoms with Crippen LogP contribution in [0, 0.1) is 11.6 Å². The van der Waals surface area contributed by atoms with Gasteiger partial charge in [0.1, 0.15) is 11.6 Å². The highest BCUT2D eigenvalue weighted by Crippen LogP contribution is 2.36. The summed E-state index contributed by atoms with van der Waals surface area (Å²) in [7, 11) is 0. The van der Waals surface area contributed by atoms with Crippen LogP contribution in [0.25, 0.3) is 5.57 Å². The summed E-state index contributed by atoms with van der Waals surface area (Å²) in [5.41, 5.74) is -0.201. The maximum atomic E-state index is 13.2. The Labute approximate surface area is 109 Å². The quantitative estimate of drug-likeness (QED) is 0.790. The van der Waals surface area contributed by atoms with Crippen molar-refractivity contribution in [3.05, 3.63) is 41.7 Å². The van der Waals surface area contributed by atoms with Crippen LogP contribution in [0.2, 0.25) is 0 Å². The second-order valence-corrected chi connectivity index (χ2v) is 4.55. The van der Waals surface area contributed by atoms with Crippen molar-refractivity contribution in [3.63, 3.8) is 0 Å². The summed E-state index contributed by atoms with van der Waals surface area (Å²) in [5, 5.41) is 0. The molecule has 1 aromatic rings. The summed E-state index contributed by atoms with van der Waals surface area (Å²) in [5.74, 6) is -1.82. The van der Waals surface area contributed by atoms with Crippen molar-refractivity contribution in [2.24, 2.45) is 0 Å². The predicted molar refractivity (Wildman–Crippen MR) is 65.1 cm³/mol. The first kappa shape index (κ1) is 13.5. The Bertz CT molecular complexity index is 519. The number of rotatable bonds is 3. The van der Waals surface area contributed by atoms with Crippen LogP contribution in [-0.4, -0.2) is 18.2 Å². The highest BCUT2D eigenvalue weighted by molar-refractivity contribution is 5.84. The van der Waals surface area contributed by atoms with Gasteiger partial charge in [0.15, 0.2) is 0 Å². The van der Waals surface area contributed by atoms with Gasteiger partial charge in [0.25, 0.3) is 0 Å². The average Bonchev–Trinajstić information content (AvgIpc) is 2.72. The highest BCUT2D eigenvalue weighted by Gasteiger charge is 2.41. The van der Waals surface area contributed by atoms with Gasteiger partial charge in [-0.3, -0.25) is 0 Å². The minimum atomic E-state index is -1.13. The Kier molecular flexibility index (Phi) is 3.55. The minimum Gasteiger partial charge on any atom is -0.483 e. The van der Waals surface area contributed by atoms with E-state index in [1.54, 1.807) is 13.8 Å². The molecule has 0 amide bonds. The van der Waals surface area contributed by atoms with E-state index in [-0.39, 0.29) is 13.0 Å². The predicted octanol–water partition coefficient (Wildman–Crippen LogP) is 3.05. The van der Waals surface area contributed by atoms with Gasteiger partial charge < -0.3 is 9.47 Å². The number of ether oxygens (including phenoxy) is 2. The molecule has 1 aliphatic rings. The standard InChI is InChI=1S/C14H14F2O3/c1-3-18-13(17)14(2)7-10(8-19-14)9-4-11(15)6-12(16)5-9/h4-6,8H,3,7H2,1-2H3. The summed E-state index contributed by atoms with van der Waals surface area (Å²) in [6.07, 6.45) is 1.57. The van der Waals surface area contributed by atoms with Crippen LogP contribution < -0.4 is 0 Å². The Morgan fingerprint density at radius 1 is 1.37 bits per heavy atom. The van der Waals surface area contributed by atoms with E-state index in [0.29, 0.717) is 11.1 Å². The molecule has 5 heteroatoms. The minimum absolute atomic E-state index is 0.217. The van der Waals surface area contributed by atoms with Gasteiger partial charge in [-0.1, -0.05) is 0 Å². The third kappa shape index (κ3) is 2.75. The molecule has 1 atom stereocenters. The van der Waals surface area contributed by atoms with Crippen molar-refractivity contribution in [1.82, 2.24) is 0 Å². The zero-order valence-corrected chi connectivity index (χ0v) is 10.7. The number of hydrogen-bond donors (Lipinski definition) is 0. The topological polar surface area (TPSA) is 35.5 Å². The van der Waals surface area contributed by atoms with Crippen LogP contribution in [0.15, 0.2) is 24.5 Å². The summed E-state index contributed by atoms with van der Waals surface area (Å²) in [4.78, 5) is 11.7. The molecule has 0 bridgehead atoms. The lowest BCUT2D eigenvalue weighted by Gasteiger charge is -2.21. The summed E-state index contributed by atoms with van der Waals surface area (Å²) in [6, 6.07) is 3.20. The fraction of sp³-hybridized carbons (Fsp3) is 0.357. The lowest BCUT2D eigenvalue weighted by atomic mass is 9.95. The normalized spacial score (nSPS) is 21.8. The Morgan fingerprint density at radius 3 is 2.58 bits per heavy atom. The molecular formula is C14H14F2O3. The first-order valence-corrected chi connectivity index (χ1v) is 5.95. The average molecular weight is 268 g/mol. The van der Waals surface area contributed by atoms with Gasteiger partial charge >= 0.3 is 5.97 Å². The van der Waals surface area contributed by atoms with E-state index in [1.807, 2.05) is 0 Å². The van der Waals surface area contributed by atoms with E-state index in [1.165, 1.54) is 18.4 Å². The number of esters is 1. The molecule has 0 aromatic heterocycles. The van der Waals surface area contributed by atoms with Crippen molar-refractivity contribution < 1.29 is 23.0 Å². The second kappa shape index (κ2) is 4.99. The van der Waals surface area contributed by atoms with Crippen molar-refractivity contribution in [2.75, 3.05) is 6.61 Å². The van der Waals surface area contributed by atoms with Gasteiger partial charge in [-0.2, -0.15) is 0 Å². The van der Waals surface area contributed by atoms with Gasteiger partial charge in [0.05, 0.1) is 12.9 Å². The van der Waals surface area contributed by atoms with E-state index in [0.717, 1.165) is 6.07 Å².